The fourth-order valence-electron chi connectivity index (χ4n) is 4.79. The van der Waals surface area contributed by atoms with Gasteiger partial charge in [0.15, 0.2) is 0 Å². The summed E-state index contributed by atoms with van der Waals surface area (Å²) in [6, 6.07) is 9.14. The quantitative estimate of drug-likeness (QED) is 0.766. The average Bonchev–Trinajstić information content (AvgIpc) is 3.04. The monoisotopic (exact) mass is 365 g/mol. The Balaban J connectivity index is 1.43. The third-order valence-corrected chi connectivity index (χ3v) is 6.22. The predicted octanol–water partition coefficient (Wildman–Crippen LogP) is 1.81. The molecule has 1 unspecified atom stereocenters. The molecule has 2 aromatic rings. The highest BCUT2D eigenvalue weighted by Gasteiger charge is 2.44. The van der Waals surface area contributed by atoms with E-state index < -0.39 is 0 Å². The second kappa shape index (κ2) is 7.05. The molecule has 4 heterocycles. The minimum absolute atomic E-state index is 0.204. The van der Waals surface area contributed by atoms with Crippen molar-refractivity contribution in [2.75, 3.05) is 42.9 Å². The molecule has 142 valence electrons. The summed E-state index contributed by atoms with van der Waals surface area (Å²) in [6.07, 6.45) is 6.29. The maximum atomic E-state index is 4.77. The van der Waals surface area contributed by atoms with Crippen LogP contribution in [0.5, 0.6) is 0 Å². The summed E-state index contributed by atoms with van der Waals surface area (Å²) < 4.78 is 0. The van der Waals surface area contributed by atoms with Gasteiger partial charge in [0.1, 0.15) is 6.33 Å². The molecule has 3 aliphatic rings. The van der Waals surface area contributed by atoms with Crippen molar-refractivity contribution in [3.63, 3.8) is 0 Å². The number of hydrogen-bond donors (Lipinski definition) is 3. The van der Waals surface area contributed by atoms with Crippen LogP contribution in [0.25, 0.3) is 0 Å². The number of aromatic nitrogens is 3. The van der Waals surface area contributed by atoms with E-state index in [0.717, 1.165) is 57.9 Å². The van der Waals surface area contributed by atoms with Crippen molar-refractivity contribution in [3.05, 3.63) is 36.2 Å². The van der Waals surface area contributed by atoms with E-state index in [0.29, 0.717) is 12.0 Å². The van der Waals surface area contributed by atoms with Crippen LogP contribution in [0.3, 0.4) is 0 Å². The van der Waals surface area contributed by atoms with Crippen molar-refractivity contribution >= 4 is 17.6 Å². The first-order valence-electron chi connectivity index (χ1n) is 10.1. The van der Waals surface area contributed by atoms with Crippen molar-refractivity contribution in [3.8, 4) is 0 Å². The number of anilines is 3. The predicted molar refractivity (Wildman–Crippen MR) is 107 cm³/mol. The molecule has 7 nitrogen and oxygen atoms in total. The van der Waals surface area contributed by atoms with Crippen molar-refractivity contribution in [1.29, 1.82) is 0 Å². The Morgan fingerprint density at radius 1 is 1.07 bits per heavy atom. The Morgan fingerprint density at radius 3 is 2.81 bits per heavy atom. The van der Waals surface area contributed by atoms with Gasteiger partial charge >= 0.3 is 0 Å². The first kappa shape index (κ1) is 16.9. The third-order valence-electron chi connectivity index (χ3n) is 6.22. The maximum absolute atomic E-state index is 4.77. The number of piperidine rings is 2. The fraction of sp³-hybridized carbons (Fsp3) is 0.550. The van der Waals surface area contributed by atoms with Crippen molar-refractivity contribution < 1.29 is 0 Å². The average molecular weight is 365 g/mol. The molecule has 0 radical (unpaired) electrons. The van der Waals surface area contributed by atoms with Crippen LogP contribution in [0.15, 0.2) is 30.6 Å². The molecule has 1 aromatic carbocycles. The van der Waals surface area contributed by atoms with Gasteiger partial charge in [0.25, 0.3) is 0 Å². The maximum Gasteiger partial charge on any atom is 0.234 e. The molecule has 0 bridgehead atoms. The molecule has 0 aliphatic carbocycles. The summed E-state index contributed by atoms with van der Waals surface area (Å²) in [5, 5.41) is 10.4. The molecular formula is C20H27N7. The van der Waals surface area contributed by atoms with Gasteiger partial charge in [0.05, 0.1) is 0 Å². The Bertz CT molecular complexity index is 796. The summed E-state index contributed by atoms with van der Waals surface area (Å²) in [5.74, 6) is 1.43. The lowest BCUT2D eigenvalue weighted by atomic mass is 9.75. The largest absolute Gasteiger partial charge is 0.350 e. The summed E-state index contributed by atoms with van der Waals surface area (Å²) in [7, 11) is 0. The molecular weight excluding hydrogens is 338 g/mol. The highest BCUT2D eigenvalue weighted by atomic mass is 15.3. The molecule has 27 heavy (non-hydrogen) atoms. The number of fused-ring (bicyclic) bond motifs is 2. The molecule has 0 saturated carbocycles. The number of nitrogens with zero attached hydrogens (tertiary/aromatic N) is 4. The van der Waals surface area contributed by atoms with Gasteiger partial charge in [-0.15, -0.1) is 0 Å². The minimum Gasteiger partial charge on any atom is -0.350 e. The first-order valence-corrected chi connectivity index (χ1v) is 10.1. The number of benzene rings is 1. The van der Waals surface area contributed by atoms with E-state index in [9.17, 15) is 0 Å². The van der Waals surface area contributed by atoms with Crippen LogP contribution < -0.4 is 20.9 Å². The van der Waals surface area contributed by atoms with Gasteiger partial charge in [-0.2, -0.15) is 4.98 Å². The number of rotatable bonds is 3. The zero-order chi connectivity index (χ0) is 18.1. The summed E-state index contributed by atoms with van der Waals surface area (Å²) in [4.78, 5) is 16.0. The van der Waals surface area contributed by atoms with Gasteiger partial charge in [-0.1, -0.05) is 18.2 Å². The summed E-state index contributed by atoms with van der Waals surface area (Å²) in [5.41, 5.74) is 2.89. The normalized spacial score (nSPS) is 24.0. The van der Waals surface area contributed by atoms with Gasteiger partial charge in [-0.3, -0.25) is 0 Å². The molecule has 5 rings (SSSR count). The lowest BCUT2D eigenvalue weighted by molar-refractivity contribution is 0.329. The van der Waals surface area contributed by atoms with Crippen LogP contribution in [0.4, 0.5) is 17.6 Å². The second-order valence-electron chi connectivity index (χ2n) is 7.93. The SMILES string of the molecule is c1ccc2c(c1)N(c1ncnc(NC3CCCNC3)n1)CC21CCNCC1. The van der Waals surface area contributed by atoms with Gasteiger partial charge in [-0.05, 0) is 56.9 Å². The molecule has 1 atom stereocenters. The van der Waals surface area contributed by atoms with Gasteiger partial charge in [-0.25, -0.2) is 9.97 Å². The van der Waals surface area contributed by atoms with Crippen LogP contribution in [-0.2, 0) is 5.41 Å². The van der Waals surface area contributed by atoms with Gasteiger partial charge in [0, 0.05) is 30.2 Å². The number of nitrogens with one attached hydrogen (secondary N) is 3. The van der Waals surface area contributed by atoms with Crippen molar-refractivity contribution in [1.82, 2.24) is 25.6 Å². The van der Waals surface area contributed by atoms with E-state index in [1.807, 2.05) is 0 Å². The van der Waals surface area contributed by atoms with E-state index in [1.54, 1.807) is 6.33 Å². The number of hydrogen-bond acceptors (Lipinski definition) is 7. The van der Waals surface area contributed by atoms with E-state index in [1.165, 1.54) is 17.7 Å². The number of para-hydroxylation sites is 1. The summed E-state index contributed by atoms with van der Waals surface area (Å²) in [6.45, 7) is 5.15. The molecule has 2 saturated heterocycles. The highest BCUT2D eigenvalue weighted by Crippen LogP contribution is 2.47. The van der Waals surface area contributed by atoms with E-state index in [2.05, 4.69) is 55.1 Å². The molecule has 3 N–H and O–H groups in total. The standard InChI is InChI=1S/C20H27N7/c1-2-6-17-16(5-1)20(7-10-21-11-8-20)13-27(17)19-24-14-23-18(26-19)25-15-4-3-9-22-12-15/h1-2,5-6,14-15,21-22H,3-4,7-13H2,(H,23,24,25,26). The Morgan fingerprint density at radius 2 is 1.96 bits per heavy atom. The van der Waals surface area contributed by atoms with Crippen LogP contribution in [0.2, 0.25) is 0 Å². The molecule has 3 aliphatic heterocycles. The van der Waals surface area contributed by atoms with E-state index in [-0.39, 0.29) is 5.41 Å². The Kier molecular flexibility index (Phi) is 4.41. The van der Waals surface area contributed by atoms with Crippen LogP contribution in [0, 0.1) is 0 Å². The zero-order valence-corrected chi connectivity index (χ0v) is 15.6. The van der Waals surface area contributed by atoms with Crippen molar-refractivity contribution in [2.24, 2.45) is 0 Å². The fourth-order valence-corrected chi connectivity index (χ4v) is 4.79. The summed E-state index contributed by atoms with van der Waals surface area (Å²) >= 11 is 0. The van der Waals surface area contributed by atoms with Crippen LogP contribution in [0.1, 0.15) is 31.2 Å². The lowest BCUT2D eigenvalue weighted by Crippen LogP contribution is -2.42. The molecule has 2 fully saturated rings. The lowest BCUT2D eigenvalue weighted by Gasteiger charge is -2.34. The van der Waals surface area contributed by atoms with Gasteiger partial charge in [0.2, 0.25) is 11.9 Å². The topological polar surface area (TPSA) is 78.0 Å². The van der Waals surface area contributed by atoms with Crippen molar-refractivity contribution in [2.45, 2.75) is 37.1 Å². The molecule has 1 spiro atoms. The third kappa shape index (κ3) is 3.15. The van der Waals surface area contributed by atoms with Crippen LogP contribution >= 0.6 is 0 Å². The van der Waals surface area contributed by atoms with E-state index in [4.69, 9.17) is 4.98 Å². The minimum atomic E-state index is 0.204. The Labute approximate surface area is 160 Å². The first-order chi connectivity index (χ1) is 13.3. The second-order valence-corrected chi connectivity index (χ2v) is 7.93. The van der Waals surface area contributed by atoms with E-state index >= 15 is 0 Å². The van der Waals surface area contributed by atoms with Gasteiger partial charge < -0.3 is 20.9 Å². The molecule has 0 amide bonds. The Hall–Kier alpha value is -2.25. The highest BCUT2D eigenvalue weighted by molar-refractivity contribution is 5.69. The molecule has 7 heteroatoms. The zero-order valence-electron chi connectivity index (χ0n) is 15.6. The van der Waals surface area contributed by atoms with Crippen LogP contribution in [-0.4, -0.2) is 53.7 Å². The molecule has 1 aromatic heterocycles. The smallest absolute Gasteiger partial charge is 0.234 e.